The molecule has 0 bridgehead atoms. The van der Waals surface area contributed by atoms with Crippen molar-refractivity contribution in [1.29, 1.82) is 0 Å². The van der Waals surface area contributed by atoms with Crippen LogP contribution < -0.4 is 24.0 Å². The van der Waals surface area contributed by atoms with Gasteiger partial charge in [0.05, 0.1) is 10.4 Å². The minimum atomic E-state index is -1.40. The molecule has 6 heteroatoms. The first-order valence-electron chi connectivity index (χ1n) is 4.33. The predicted octanol–water partition coefficient (Wildman–Crippen LogP) is -0.562. The van der Waals surface area contributed by atoms with Gasteiger partial charge in [0.25, 0.3) is 0 Å². The molecule has 2 aromatic carbocycles. The summed E-state index contributed by atoms with van der Waals surface area (Å²) in [4.78, 5) is 10.8. The van der Waals surface area contributed by atoms with E-state index in [1.807, 2.05) is 6.07 Å². The van der Waals surface area contributed by atoms with Gasteiger partial charge < -0.3 is 15.0 Å². The van der Waals surface area contributed by atoms with E-state index in [1.165, 1.54) is 6.07 Å². The van der Waals surface area contributed by atoms with Crippen LogP contribution in [0.25, 0.3) is 10.8 Å². The van der Waals surface area contributed by atoms with Gasteiger partial charge in [0, 0.05) is 10.0 Å². The minimum Gasteiger partial charge on any atom is -0.545 e. The number of halogens is 2. The molecule has 0 aliphatic rings. The molecule has 0 aliphatic heterocycles. The van der Waals surface area contributed by atoms with Crippen molar-refractivity contribution in [3.63, 3.8) is 0 Å². The van der Waals surface area contributed by atoms with Gasteiger partial charge in [-0.2, -0.15) is 0 Å². The fourth-order valence-corrected chi connectivity index (χ4v) is 2.43. The smallest absolute Gasteiger partial charge is 0.545 e. The number of aromatic hydroxyl groups is 1. The molecule has 2 aromatic rings. The van der Waals surface area contributed by atoms with Gasteiger partial charge in [-0.15, -0.1) is 0 Å². The number of phenols is 1. The van der Waals surface area contributed by atoms with Crippen LogP contribution in [0.2, 0.25) is 0 Å². The first kappa shape index (κ1) is 14.6. The van der Waals surface area contributed by atoms with Crippen molar-refractivity contribution >= 4 is 48.6 Å². The molecule has 1 N–H and O–H groups in total. The van der Waals surface area contributed by atoms with Crippen molar-refractivity contribution in [3.8, 4) is 5.75 Å². The Balaban J connectivity index is 0.00000144. The first-order chi connectivity index (χ1) is 7.50. The maximum atomic E-state index is 10.8. The zero-order valence-corrected chi connectivity index (χ0v) is 12.0. The van der Waals surface area contributed by atoms with Gasteiger partial charge in [-0.05, 0) is 44.9 Å². The number of hydrogen-bond donors (Lipinski definition) is 1. The molecular formula is C11H5Br2LiO3. The molecule has 0 spiro atoms. The van der Waals surface area contributed by atoms with Crippen LogP contribution >= 0.6 is 31.9 Å². The average Bonchev–Trinajstić information content (AvgIpc) is 2.22. The standard InChI is InChI=1S/C11H6Br2O3.Li/c12-6-1-2-7-5(3-6)4-8(11(15)16)10(14)9(7)13;/h1-4,14H,(H,15,16);/q;+1/p-1. The summed E-state index contributed by atoms with van der Waals surface area (Å²) >= 11 is 6.46. The van der Waals surface area contributed by atoms with E-state index in [-0.39, 0.29) is 30.2 Å². The third-order valence-electron chi connectivity index (χ3n) is 2.23. The molecule has 0 heterocycles. The summed E-state index contributed by atoms with van der Waals surface area (Å²) in [6.45, 7) is 0. The molecule has 3 nitrogen and oxygen atoms in total. The number of carboxylic acids is 1. The molecule has 0 atom stereocenters. The van der Waals surface area contributed by atoms with E-state index in [0.29, 0.717) is 9.86 Å². The third kappa shape index (κ3) is 2.69. The van der Waals surface area contributed by atoms with Crippen molar-refractivity contribution < 1.29 is 33.9 Å². The molecule has 0 unspecified atom stereocenters. The van der Waals surface area contributed by atoms with Gasteiger partial charge in [0.2, 0.25) is 0 Å². The average molecular weight is 352 g/mol. The first-order valence-corrected chi connectivity index (χ1v) is 5.91. The summed E-state index contributed by atoms with van der Waals surface area (Å²) < 4.78 is 1.19. The molecule has 0 saturated heterocycles. The molecule has 82 valence electrons. The zero-order chi connectivity index (χ0) is 11.9. The van der Waals surface area contributed by atoms with Crippen LogP contribution in [0.3, 0.4) is 0 Å². The summed E-state index contributed by atoms with van der Waals surface area (Å²) in [6, 6.07) is 6.75. The zero-order valence-electron chi connectivity index (χ0n) is 8.83. The summed E-state index contributed by atoms with van der Waals surface area (Å²) in [5.74, 6) is -1.71. The van der Waals surface area contributed by atoms with Crippen LogP contribution in [-0.4, -0.2) is 11.1 Å². The number of carbonyl (C=O) groups excluding carboxylic acids is 1. The van der Waals surface area contributed by atoms with Gasteiger partial charge >= 0.3 is 18.9 Å². The molecular weight excluding hydrogens is 347 g/mol. The molecule has 17 heavy (non-hydrogen) atoms. The van der Waals surface area contributed by atoms with Gasteiger partial charge in [0.15, 0.2) is 0 Å². The predicted molar refractivity (Wildman–Crippen MR) is 65.3 cm³/mol. The van der Waals surface area contributed by atoms with Crippen LogP contribution in [0.4, 0.5) is 0 Å². The topological polar surface area (TPSA) is 60.4 Å². The SMILES string of the molecule is O=C([O-])c1cc2cc(Br)ccc2c(Br)c1O.[Li+]. The van der Waals surface area contributed by atoms with Crippen LogP contribution in [0.15, 0.2) is 33.2 Å². The Morgan fingerprint density at radius 1 is 1.24 bits per heavy atom. The van der Waals surface area contributed by atoms with E-state index in [0.717, 1.165) is 9.86 Å². The number of aromatic carboxylic acids is 1. The van der Waals surface area contributed by atoms with Crippen LogP contribution in [0.5, 0.6) is 5.75 Å². The van der Waals surface area contributed by atoms with E-state index in [4.69, 9.17) is 0 Å². The van der Waals surface area contributed by atoms with Gasteiger partial charge in [-0.3, -0.25) is 0 Å². The van der Waals surface area contributed by atoms with E-state index < -0.39 is 5.97 Å². The Morgan fingerprint density at radius 2 is 1.88 bits per heavy atom. The van der Waals surface area contributed by atoms with E-state index in [1.54, 1.807) is 12.1 Å². The second-order valence-corrected chi connectivity index (χ2v) is 4.95. The number of benzene rings is 2. The number of hydrogen-bond acceptors (Lipinski definition) is 3. The van der Waals surface area contributed by atoms with Crippen LogP contribution in [0.1, 0.15) is 10.4 Å². The Bertz CT molecular complexity index is 599. The van der Waals surface area contributed by atoms with Gasteiger partial charge in [0.1, 0.15) is 5.75 Å². The van der Waals surface area contributed by atoms with Crippen molar-refractivity contribution in [2.75, 3.05) is 0 Å². The summed E-state index contributed by atoms with van der Waals surface area (Å²) in [6.07, 6.45) is 0. The fourth-order valence-electron chi connectivity index (χ4n) is 1.48. The third-order valence-corrected chi connectivity index (χ3v) is 3.53. The van der Waals surface area contributed by atoms with Gasteiger partial charge in [-0.1, -0.05) is 22.0 Å². The molecule has 0 radical (unpaired) electrons. The monoisotopic (exact) mass is 350 g/mol. The minimum absolute atomic E-state index is 0. The molecule has 2 rings (SSSR count). The maximum absolute atomic E-state index is 10.8. The maximum Gasteiger partial charge on any atom is 1.00 e. The number of carbonyl (C=O) groups is 1. The number of carboxylic acid groups (broad SMARTS) is 1. The quantitative estimate of drug-likeness (QED) is 0.701. The normalized spacial score (nSPS) is 10.0. The Hall–Kier alpha value is -0.473. The number of rotatable bonds is 1. The molecule has 0 aromatic heterocycles. The fraction of sp³-hybridized carbons (Fsp3) is 0. The summed E-state index contributed by atoms with van der Waals surface area (Å²) in [5, 5.41) is 21.9. The Morgan fingerprint density at radius 3 is 2.47 bits per heavy atom. The van der Waals surface area contributed by atoms with Crippen LogP contribution in [-0.2, 0) is 0 Å². The molecule has 0 saturated carbocycles. The van der Waals surface area contributed by atoms with Crippen LogP contribution in [0, 0.1) is 0 Å². The van der Waals surface area contributed by atoms with Crippen molar-refractivity contribution in [1.82, 2.24) is 0 Å². The summed E-state index contributed by atoms with van der Waals surface area (Å²) in [5.41, 5.74) is -0.225. The van der Waals surface area contributed by atoms with E-state index >= 15 is 0 Å². The van der Waals surface area contributed by atoms with Crippen molar-refractivity contribution in [3.05, 3.63) is 38.8 Å². The molecule has 0 amide bonds. The van der Waals surface area contributed by atoms with Crippen molar-refractivity contribution in [2.24, 2.45) is 0 Å². The Kier molecular flexibility index (Phi) is 4.67. The Labute approximate surface area is 126 Å². The van der Waals surface area contributed by atoms with Crippen molar-refractivity contribution in [2.45, 2.75) is 0 Å². The number of fused-ring (bicyclic) bond motifs is 1. The molecule has 0 fully saturated rings. The van der Waals surface area contributed by atoms with E-state index in [2.05, 4.69) is 31.9 Å². The second kappa shape index (κ2) is 5.45. The van der Waals surface area contributed by atoms with Gasteiger partial charge in [-0.25, -0.2) is 0 Å². The second-order valence-electron chi connectivity index (χ2n) is 3.24. The summed E-state index contributed by atoms with van der Waals surface area (Å²) in [7, 11) is 0. The van der Waals surface area contributed by atoms with E-state index in [9.17, 15) is 15.0 Å². The molecule has 0 aliphatic carbocycles. The largest absolute Gasteiger partial charge is 1.00 e.